The minimum absolute atomic E-state index is 0.539. The molecule has 1 aliphatic rings. The Labute approximate surface area is 164 Å². The molecule has 0 saturated carbocycles. The first-order chi connectivity index (χ1) is 13.8. The maximum Gasteiger partial charge on any atom is 0.169 e. The van der Waals surface area contributed by atoms with E-state index in [9.17, 15) is 0 Å². The minimum atomic E-state index is 0.539. The third-order valence-corrected chi connectivity index (χ3v) is 5.26. The number of fused-ring (bicyclic) bond motifs is 3. The third kappa shape index (κ3) is 2.84. The zero-order valence-electron chi connectivity index (χ0n) is 15.7. The number of ether oxygens (including phenoxy) is 2. The minimum Gasteiger partial charge on any atom is -0.493 e. The van der Waals surface area contributed by atoms with Gasteiger partial charge in [-0.05, 0) is 51.2 Å². The van der Waals surface area contributed by atoms with Crippen molar-refractivity contribution in [2.45, 2.75) is 0 Å². The molecule has 0 amide bonds. The SMILES string of the molecule is COc1cc2ccc(-c3ccccc3)cc2c2c1OCC(c1ccccc1)=C2. The summed E-state index contributed by atoms with van der Waals surface area (Å²) >= 11 is 0. The number of benzene rings is 4. The highest BCUT2D eigenvalue weighted by molar-refractivity contribution is 6.02. The van der Waals surface area contributed by atoms with Gasteiger partial charge < -0.3 is 9.47 Å². The molecule has 136 valence electrons. The highest BCUT2D eigenvalue weighted by Crippen LogP contribution is 2.43. The van der Waals surface area contributed by atoms with Gasteiger partial charge in [0.05, 0.1) is 7.11 Å². The van der Waals surface area contributed by atoms with Crippen LogP contribution in [0, 0.1) is 0 Å². The highest BCUT2D eigenvalue weighted by atomic mass is 16.5. The molecule has 1 aliphatic heterocycles. The first-order valence-corrected chi connectivity index (χ1v) is 9.42. The molecule has 5 rings (SSSR count). The van der Waals surface area contributed by atoms with E-state index in [2.05, 4.69) is 78.9 Å². The molecule has 2 heteroatoms. The van der Waals surface area contributed by atoms with E-state index in [4.69, 9.17) is 9.47 Å². The zero-order chi connectivity index (χ0) is 18.9. The summed E-state index contributed by atoms with van der Waals surface area (Å²) in [6.45, 7) is 0.539. The first-order valence-electron chi connectivity index (χ1n) is 9.42. The molecule has 0 aromatic heterocycles. The molecule has 0 aliphatic carbocycles. The molecule has 0 saturated heterocycles. The maximum absolute atomic E-state index is 6.17. The average molecular weight is 364 g/mol. The van der Waals surface area contributed by atoms with Gasteiger partial charge in [0.25, 0.3) is 0 Å². The monoisotopic (exact) mass is 364 g/mol. The van der Waals surface area contributed by atoms with E-state index >= 15 is 0 Å². The summed E-state index contributed by atoms with van der Waals surface area (Å²) in [5.41, 5.74) is 5.84. The Balaban J connectivity index is 1.74. The van der Waals surface area contributed by atoms with Crippen LogP contribution < -0.4 is 9.47 Å². The van der Waals surface area contributed by atoms with Crippen molar-refractivity contribution in [3.05, 3.63) is 96.1 Å². The Hall–Kier alpha value is -3.52. The molecular weight excluding hydrogens is 344 g/mol. The van der Waals surface area contributed by atoms with Gasteiger partial charge in [0, 0.05) is 5.56 Å². The third-order valence-electron chi connectivity index (χ3n) is 5.26. The number of hydrogen-bond acceptors (Lipinski definition) is 2. The van der Waals surface area contributed by atoms with Gasteiger partial charge in [-0.3, -0.25) is 0 Å². The van der Waals surface area contributed by atoms with Crippen LogP contribution in [0.15, 0.2) is 84.9 Å². The normalized spacial score (nSPS) is 12.8. The number of rotatable bonds is 3. The van der Waals surface area contributed by atoms with Gasteiger partial charge in [-0.1, -0.05) is 72.8 Å². The molecule has 1 heterocycles. The van der Waals surface area contributed by atoms with Crippen LogP contribution in [0.4, 0.5) is 0 Å². The molecule has 0 fully saturated rings. The Kier molecular flexibility index (Phi) is 4.10. The second-order valence-electron chi connectivity index (χ2n) is 6.95. The lowest BCUT2D eigenvalue weighted by atomic mass is 9.93. The fourth-order valence-electron chi connectivity index (χ4n) is 3.82. The molecule has 0 radical (unpaired) electrons. The van der Waals surface area contributed by atoms with Crippen LogP contribution in [-0.4, -0.2) is 13.7 Å². The molecule has 28 heavy (non-hydrogen) atoms. The molecule has 2 nitrogen and oxygen atoms in total. The van der Waals surface area contributed by atoms with E-state index in [0.717, 1.165) is 22.4 Å². The summed E-state index contributed by atoms with van der Waals surface area (Å²) in [6.07, 6.45) is 2.24. The summed E-state index contributed by atoms with van der Waals surface area (Å²) in [5, 5.41) is 2.31. The summed E-state index contributed by atoms with van der Waals surface area (Å²) in [6, 6.07) is 29.5. The molecule has 4 aromatic carbocycles. The average Bonchev–Trinajstić information content (AvgIpc) is 2.79. The van der Waals surface area contributed by atoms with E-state index in [0.29, 0.717) is 6.61 Å². The van der Waals surface area contributed by atoms with E-state index in [1.807, 2.05) is 12.1 Å². The fourth-order valence-corrected chi connectivity index (χ4v) is 3.82. The van der Waals surface area contributed by atoms with Crippen molar-refractivity contribution >= 4 is 22.4 Å². The van der Waals surface area contributed by atoms with Crippen LogP contribution in [0.1, 0.15) is 11.1 Å². The van der Waals surface area contributed by atoms with Crippen molar-refractivity contribution in [1.82, 2.24) is 0 Å². The van der Waals surface area contributed by atoms with Gasteiger partial charge in [0.1, 0.15) is 6.61 Å². The van der Waals surface area contributed by atoms with E-state index < -0.39 is 0 Å². The van der Waals surface area contributed by atoms with Crippen LogP contribution in [-0.2, 0) is 0 Å². The standard InChI is InChI=1S/C26H20O2/c1-27-25-16-21-13-12-20(18-8-4-2-5-9-18)14-23(21)24-15-22(17-28-26(24)25)19-10-6-3-7-11-19/h2-16H,17H2,1H3. The summed E-state index contributed by atoms with van der Waals surface area (Å²) in [5.74, 6) is 1.60. The number of hydrogen-bond donors (Lipinski definition) is 0. The summed E-state index contributed by atoms with van der Waals surface area (Å²) in [4.78, 5) is 0. The van der Waals surface area contributed by atoms with Gasteiger partial charge in [-0.2, -0.15) is 0 Å². The Morgan fingerprint density at radius 2 is 1.46 bits per heavy atom. The van der Waals surface area contributed by atoms with Crippen molar-refractivity contribution in [2.24, 2.45) is 0 Å². The van der Waals surface area contributed by atoms with Gasteiger partial charge in [-0.25, -0.2) is 0 Å². The van der Waals surface area contributed by atoms with Gasteiger partial charge in [0.2, 0.25) is 0 Å². The quantitative estimate of drug-likeness (QED) is 0.416. The van der Waals surface area contributed by atoms with E-state index in [1.54, 1.807) is 7.11 Å². The van der Waals surface area contributed by atoms with Crippen LogP contribution in [0.25, 0.3) is 33.5 Å². The van der Waals surface area contributed by atoms with Crippen LogP contribution >= 0.6 is 0 Å². The Morgan fingerprint density at radius 1 is 0.750 bits per heavy atom. The number of methoxy groups -OCH3 is 1. The predicted molar refractivity (Wildman–Crippen MR) is 116 cm³/mol. The van der Waals surface area contributed by atoms with Gasteiger partial charge in [-0.15, -0.1) is 0 Å². The molecule has 0 bridgehead atoms. The van der Waals surface area contributed by atoms with E-state index in [1.165, 1.54) is 27.6 Å². The summed E-state index contributed by atoms with van der Waals surface area (Å²) < 4.78 is 11.8. The lowest BCUT2D eigenvalue weighted by molar-refractivity contribution is 0.328. The lowest BCUT2D eigenvalue weighted by Crippen LogP contribution is -2.08. The smallest absolute Gasteiger partial charge is 0.169 e. The van der Waals surface area contributed by atoms with Crippen molar-refractivity contribution in [3.63, 3.8) is 0 Å². The van der Waals surface area contributed by atoms with Crippen LogP contribution in [0.3, 0.4) is 0 Å². The van der Waals surface area contributed by atoms with Crippen LogP contribution in [0.5, 0.6) is 11.5 Å². The topological polar surface area (TPSA) is 18.5 Å². The molecule has 0 unspecified atom stereocenters. The van der Waals surface area contributed by atoms with Crippen molar-refractivity contribution in [2.75, 3.05) is 13.7 Å². The molecule has 0 N–H and O–H groups in total. The molecule has 0 spiro atoms. The molecule has 0 atom stereocenters. The largest absolute Gasteiger partial charge is 0.493 e. The van der Waals surface area contributed by atoms with Crippen molar-refractivity contribution in [3.8, 4) is 22.6 Å². The highest BCUT2D eigenvalue weighted by Gasteiger charge is 2.20. The molecular formula is C26H20O2. The predicted octanol–water partition coefficient (Wildman–Crippen LogP) is 6.45. The Bertz CT molecular complexity index is 1180. The zero-order valence-corrected chi connectivity index (χ0v) is 15.7. The first kappa shape index (κ1) is 16.6. The van der Waals surface area contributed by atoms with Crippen LogP contribution in [0.2, 0.25) is 0 Å². The second-order valence-corrected chi connectivity index (χ2v) is 6.95. The second kappa shape index (κ2) is 6.90. The Morgan fingerprint density at radius 3 is 2.18 bits per heavy atom. The lowest BCUT2D eigenvalue weighted by Gasteiger charge is -2.22. The van der Waals surface area contributed by atoms with Crippen molar-refractivity contribution in [1.29, 1.82) is 0 Å². The maximum atomic E-state index is 6.17. The van der Waals surface area contributed by atoms with Gasteiger partial charge >= 0.3 is 0 Å². The summed E-state index contributed by atoms with van der Waals surface area (Å²) in [7, 11) is 1.69. The van der Waals surface area contributed by atoms with Gasteiger partial charge in [0.15, 0.2) is 11.5 Å². The van der Waals surface area contributed by atoms with Crippen molar-refractivity contribution < 1.29 is 9.47 Å². The van der Waals surface area contributed by atoms with E-state index in [-0.39, 0.29) is 0 Å². The fraction of sp³-hybridized carbons (Fsp3) is 0.0769. The molecule has 4 aromatic rings.